The molecule has 1 atom stereocenters. The molecule has 5 nitrogen and oxygen atoms in total. The molecule has 2 aliphatic heterocycles. The lowest BCUT2D eigenvalue weighted by Gasteiger charge is -2.35. The molecule has 0 aromatic heterocycles. The Kier molecular flexibility index (Phi) is 6.01. The zero-order chi connectivity index (χ0) is 19.6. The number of piperazine rings is 1. The Bertz CT molecular complexity index is 648. The summed E-state index contributed by atoms with van der Waals surface area (Å²) in [5.41, 5.74) is 0.750. The van der Waals surface area contributed by atoms with E-state index in [1.807, 2.05) is 4.90 Å². The maximum atomic E-state index is 13.3. The van der Waals surface area contributed by atoms with Crippen LogP contribution in [0.4, 0.5) is 13.6 Å². The average Bonchev–Trinajstić information content (AvgIpc) is 3.03. The number of urea groups is 1. The molecule has 2 amide bonds. The predicted molar refractivity (Wildman–Crippen MR) is 101 cm³/mol. The summed E-state index contributed by atoms with van der Waals surface area (Å²) in [6.45, 7) is 11.6. The molecule has 0 aliphatic carbocycles. The van der Waals surface area contributed by atoms with Crippen LogP contribution in [0.25, 0.3) is 0 Å². The van der Waals surface area contributed by atoms with Crippen molar-refractivity contribution in [2.24, 2.45) is 0 Å². The smallest absolute Gasteiger partial charge is 0.317 e. The van der Waals surface area contributed by atoms with E-state index in [1.54, 1.807) is 0 Å². The maximum absolute atomic E-state index is 13.3. The van der Waals surface area contributed by atoms with Gasteiger partial charge in [0.05, 0.1) is 0 Å². The Balaban J connectivity index is 1.44. The first-order chi connectivity index (χ1) is 12.7. The van der Waals surface area contributed by atoms with Crippen molar-refractivity contribution in [3.8, 4) is 0 Å². The third kappa shape index (κ3) is 5.39. The minimum atomic E-state index is -0.552. The van der Waals surface area contributed by atoms with E-state index < -0.39 is 11.6 Å². The number of benzene rings is 1. The Morgan fingerprint density at radius 2 is 1.70 bits per heavy atom. The van der Waals surface area contributed by atoms with E-state index in [2.05, 4.69) is 35.9 Å². The molecule has 0 spiro atoms. The van der Waals surface area contributed by atoms with Crippen molar-refractivity contribution >= 4 is 6.03 Å². The summed E-state index contributed by atoms with van der Waals surface area (Å²) < 4.78 is 26.6. The highest BCUT2D eigenvalue weighted by atomic mass is 19.1. The number of amides is 2. The molecule has 7 heteroatoms. The number of likely N-dealkylation sites (tertiary alicyclic amines) is 1. The Hall–Kier alpha value is -1.73. The van der Waals surface area contributed by atoms with Gasteiger partial charge in [0, 0.05) is 63.5 Å². The van der Waals surface area contributed by atoms with Crippen LogP contribution in [0.15, 0.2) is 18.2 Å². The molecule has 2 saturated heterocycles. The second kappa shape index (κ2) is 8.10. The zero-order valence-electron chi connectivity index (χ0n) is 16.5. The van der Waals surface area contributed by atoms with Crippen LogP contribution >= 0.6 is 0 Å². The minimum Gasteiger partial charge on any atom is -0.334 e. The summed E-state index contributed by atoms with van der Waals surface area (Å²) in [4.78, 5) is 18.9. The van der Waals surface area contributed by atoms with E-state index in [0.717, 1.165) is 25.6 Å². The number of carbonyl (C=O) groups excluding carboxylic acids is 1. The molecule has 150 valence electrons. The molecule has 2 heterocycles. The van der Waals surface area contributed by atoms with Gasteiger partial charge in [-0.2, -0.15) is 0 Å². The molecule has 1 aromatic carbocycles. The number of hydrogen-bond acceptors (Lipinski definition) is 3. The van der Waals surface area contributed by atoms with Crippen molar-refractivity contribution in [3.63, 3.8) is 0 Å². The van der Waals surface area contributed by atoms with Gasteiger partial charge in [-0.3, -0.25) is 9.80 Å². The van der Waals surface area contributed by atoms with Gasteiger partial charge in [-0.25, -0.2) is 13.6 Å². The van der Waals surface area contributed by atoms with Gasteiger partial charge in [0.15, 0.2) is 0 Å². The summed E-state index contributed by atoms with van der Waals surface area (Å²) >= 11 is 0. The number of rotatable bonds is 3. The molecular formula is C20H30F2N4O. The quantitative estimate of drug-likeness (QED) is 0.876. The minimum absolute atomic E-state index is 0.00721. The molecule has 1 aromatic rings. The second-order valence-corrected chi connectivity index (χ2v) is 8.59. The number of carbonyl (C=O) groups is 1. The standard InChI is InChI=1S/C20H30F2N4O/c1-20(2,3)26-5-4-18(14-26)23-19(27)25-8-6-24(7-9-25)13-15-10-16(21)12-17(22)11-15/h10-12,18H,4-9,13-14H2,1-3H3,(H,23,27)/t18-/m0/s1. The SMILES string of the molecule is CC(C)(C)N1CC[C@H](NC(=O)N2CCN(Cc3cc(F)cc(F)c3)CC2)C1. The lowest BCUT2D eigenvalue weighted by molar-refractivity contribution is 0.131. The van der Waals surface area contributed by atoms with Crippen molar-refractivity contribution in [1.82, 2.24) is 20.0 Å². The van der Waals surface area contributed by atoms with Crippen LogP contribution in [0.2, 0.25) is 0 Å². The largest absolute Gasteiger partial charge is 0.334 e. The topological polar surface area (TPSA) is 38.8 Å². The van der Waals surface area contributed by atoms with Crippen LogP contribution < -0.4 is 5.32 Å². The molecule has 0 radical (unpaired) electrons. The van der Waals surface area contributed by atoms with Gasteiger partial charge >= 0.3 is 6.03 Å². The van der Waals surface area contributed by atoms with Crippen molar-refractivity contribution in [3.05, 3.63) is 35.4 Å². The van der Waals surface area contributed by atoms with Crippen molar-refractivity contribution in [1.29, 1.82) is 0 Å². The van der Waals surface area contributed by atoms with Crippen LogP contribution in [0.5, 0.6) is 0 Å². The fourth-order valence-corrected chi connectivity index (χ4v) is 3.82. The first-order valence-electron chi connectivity index (χ1n) is 9.68. The monoisotopic (exact) mass is 380 g/mol. The van der Waals surface area contributed by atoms with E-state index >= 15 is 0 Å². The fraction of sp³-hybridized carbons (Fsp3) is 0.650. The molecule has 0 unspecified atom stereocenters. The first-order valence-corrected chi connectivity index (χ1v) is 9.68. The number of halogens is 2. The summed E-state index contributed by atoms with van der Waals surface area (Å²) in [5, 5.41) is 3.16. The van der Waals surface area contributed by atoms with E-state index in [0.29, 0.717) is 38.3 Å². The normalized spacial score (nSPS) is 22.3. The van der Waals surface area contributed by atoms with Gasteiger partial charge in [0.1, 0.15) is 11.6 Å². The van der Waals surface area contributed by atoms with E-state index in [4.69, 9.17) is 0 Å². The summed E-state index contributed by atoms with van der Waals surface area (Å²) in [7, 11) is 0. The van der Waals surface area contributed by atoms with Crippen LogP contribution in [-0.4, -0.2) is 71.6 Å². The average molecular weight is 380 g/mol. The Morgan fingerprint density at radius 1 is 1.07 bits per heavy atom. The van der Waals surface area contributed by atoms with E-state index in [-0.39, 0.29) is 17.6 Å². The lowest BCUT2D eigenvalue weighted by atomic mass is 10.1. The van der Waals surface area contributed by atoms with Crippen molar-refractivity contribution in [2.75, 3.05) is 39.3 Å². The van der Waals surface area contributed by atoms with Gasteiger partial charge in [-0.1, -0.05) is 0 Å². The van der Waals surface area contributed by atoms with Crippen LogP contribution in [0.1, 0.15) is 32.8 Å². The van der Waals surface area contributed by atoms with Gasteiger partial charge in [0.2, 0.25) is 0 Å². The summed E-state index contributed by atoms with van der Waals surface area (Å²) in [6.07, 6.45) is 0.980. The van der Waals surface area contributed by atoms with Gasteiger partial charge in [0.25, 0.3) is 0 Å². The van der Waals surface area contributed by atoms with Crippen LogP contribution in [0, 0.1) is 11.6 Å². The molecular weight excluding hydrogens is 350 g/mol. The first kappa shape index (κ1) is 20.0. The molecule has 2 aliphatic rings. The molecule has 1 N–H and O–H groups in total. The molecule has 0 bridgehead atoms. The predicted octanol–water partition coefficient (Wildman–Crippen LogP) is 2.66. The second-order valence-electron chi connectivity index (χ2n) is 8.59. The highest BCUT2D eigenvalue weighted by molar-refractivity contribution is 5.74. The fourth-order valence-electron chi connectivity index (χ4n) is 3.82. The summed E-state index contributed by atoms with van der Waals surface area (Å²) in [5.74, 6) is -1.10. The van der Waals surface area contributed by atoms with Gasteiger partial charge in [-0.05, 0) is 44.9 Å². The van der Waals surface area contributed by atoms with E-state index in [9.17, 15) is 13.6 Å². The number of nitrogens with one attached hydrogen (secondary N) is 1. The van der Waals surface area contributed by atoms with Gasteiger partial charge < -0.3 is 10.2 Å². The van der Waals surface area contributed by atoms with Crippen LogP contribution in [0.3, 0.4) is 0 Å². The third-order valence-corrected chi connectivity index (χ3v) is 5.45. The third-order valence-electron chi connectivity index (χ3n) is 5.45. The highest BCUT2D eigenvalue weighted by Gasteiger charge is 2.32. The number of nitrogens with zero attached hydrogens (tertiary/aromatic N) is 3. The molecule has 0 saturated carbocycles. The maximum Gasteiger partial charge on any atom is 0.317 e. The van der Waals surface area contributed by atoms with E-state index in [1.165, 1.54) is 12.1 Å². The Labute approximate surface area is 160 Å². The number of hydrogen-bond donors (Lipinski definition) is 1. The van der Waals surface area contributed by atoms with Crippen molar-refractivity contribution in [2.45, 2.75) is 45.3 Å². The Morgan fingerprint density at radius 3 is 2.26 bits per heavy atom. The molecule has 27 heavy (non-hydrogen) atoms. The van der Waals surface area contributed by atoms with Crippen molar-refractivity contribution < 1.29 is 13.6 Å². The molecule has 3 rings (SSSR count). The molecule has 2 fully saturated rings. The lowest BCUT2D eigenvalue weighted by Crippen LogP contribution is -2.53. The zero-order valence-corrected chi connectivity index (χ0v) is 16.5. The van der Waals surface area contributed by atoms with Gasteiger partial charge in [-0.15, -0.1) is 0 Å². The highest BCUT2D eigenvalue weighted by Crippen LogP contribution is 2.20. The summed E-state index contributed by atoms with van der Waals surface area (Å²) in [6, 6.07) is 3.81. The van der Waals surface area contributed by atoms with Crippen LogP contribution in [-0.2, 0) is 6.54 Å².